The van der Waals surface area contributed by atoms with Gasteiger partial charge in [-0.1, -0.05) is 12.1 Å². The van der Waals surface area contributed by atoms with Gasteiger partial charge in [-0.05, 0) is 35.9 Å². The monoisotopic (exact) mass is 308 g/mol. The number of rotatable bonds is 3. The molecule has 3 aromatic rings. The molecule has 0 fully saturated rings. The molecule has 0 aliphatic carbocycles. The van der Waals surface area contributed by atoms with E-state index >= 15 is 0 Å². The van der Waals surface area contributed by atoms with E-state index in [4.69, 9.17) is 9.68 Å². The fourth-order valence-corrected chi connectivity index (χ4v) is 2.38. The molecule has 3 rings (SSSR count). The van der Waals surface area contributed by atoms with Gasteiger partial charge < -0.3 is 9.15 Å². The summed E-state index contributed by atoms with van der Waals surface area (Å²) in [6, 6.07) is 13.8. The molecule has 1 aromatic heterocycles. The van der Waals surface area contributed by atoms with Crippen LogP contribution in [0.4, 0.5) is 0 Å². The van der Waals surface area contributed by atoms with Crippen molar-refractivity contribution in [2.75, 3.05) is 7.11 Å². The minimum absolute atomic E-state index is 0.277. The number of benzene rings is 2. The first kappa shape index (κ1) is 14.6. The third kappa shape index (κ3) is 2.72. The Kier molecular flexibility index (Phi) is 3.69. The van der Waals surface area contributed by atoms with Gasteiger partial charge >= 0.3 is 11.7 Å². The lowest BCUT2D eigenvalue weighted by Gasteiger charge is -2.03. The number of ether oxygens (including phenoxy) is 1. The Morgan fingerprint density at radius 3 is 2.87 bits per heavy atom. The van der Waals surface area contributed by atoms with Crippen LogP contribution in [0.2, 0.25) is 0 Å². The molecule has 114 valence electrons. The summed E-state index contributed by atoms with van der Waals surface area (Å²) in [5.74, 6) is -1.02. The van der Waals surface area contributed by atoms with Gasteiger partial charge in [0.15, 0.2) is 5.58 Å². The van der Waals surface area contributed by atoms with Crippen LogP contribution in [0.15, 0.2) is 51.7 Å². The van der Waals surface area contributed by atoms with Gasteiger partial charge in [-0.2, -0.15) is 5.26 Å². The summed E-state index contributed by atoms with van der Waals surface area (Å²) in [5.41, 5.74) is 2.54. The number of nitrogens with zero attached hydrogens (tertiary/aromatic N) is 2. The Labute approximate surface area is 131 Å². The van der Waals surface area contributed by atoms with Crippen molar-refractivity contribution in [1.29, 1.82) is 5.26 Å². The molecule has 6 nitrogen and oxygen atoms in total. The molecule has 0 bridgehead atoms. The van der Waals surface area contributed by atoms with Crippen LogP contribution in [0.3, 0.4) is 0 Å². The summed E-state index contributed by atoms with van der Waals surface area (Å²) in [4.78, 5) is 23.6. The summed E-state index contributed by atoms with van der Waals surface area (Å²) >= 11 is 0. The minimum Gasteiger partial charge on any atom is -0.465 e. The fraction of sp³-hybridized carbons (Fsp3) is 0.118. The van der Waals surface area contributed by atoms with Gasteiger partial charge in [0.05, 0.1) is 36.4 Å². The molecule has 0 saturated carbocycles. The quantitative estimate of drug-likeness (QED) is 0.693. The molecule has 0 N–H and O–H groups in total. The van der Waals surface area contributed by atoms with Crippen molar-refractivity contribution < 1.29 is 13.9 Å². The zero-order valence-corrected chi connectivity index (χ0v) is 12.3. The Hall–Kier alpha value is -3.33. The summed E-state index contributed by atoms with van der Waals surface area (Å²) in [6.45, 7) is 0.277. The van der Waals surface area contributed by atoms with Crippen LogP contribution in [0, 0.1) is 11.3 Å². The number of fused-ring (bicyclic) bond motifs is 1. The maximum atomic E-state index is 12.1. The van der Waals surface area contributed by atoms with Crippen molar-refractivity contribution in [3.63, 3.8) is 0 Å². The Morgan fingerprint density at radius 1 is 1.30 bits per heavy atom. The van der Waals surface area contributed by atoms with Crippen LogP contribution in [0.25, 0.3) is 11.1 Å². The molecule has 0 aliphatic rings. The van der Waals surface area contributed by atoms with Crippen molar-refractivity contribution in [2.45, 2.75) is 6.54 Å². The normalized spacial score (nSPS) is 10.4. The van der Waals surface area contributed by atoms with E-state index in [1.165, 1.54) is 17.7 Å². The number of esters is 1. The number of hydrogen-bond acceptors (Lipinski definition) is 5. The van der Waals surface area contributed by atoms with E-state index in [0.717, 1.165) is 5.56 Å². The van der Waals surface area contributed by atoms with E-state index in [1.54, 1.807) is 30.3 Å². The lowest BCUT2D eigenvalue weighted by Crippen LogP contribution is -2.14. The van der Waals surface area contributed by atoms with Gasteiger partial charge in [0, 0.05) is 0 Å². The largest absolute Gasteiger partial charge is 0.465 e. The minimum atomic E-state index is -0.524. The smallest absolute Gasteiger partial charge is 0.420 e. The number of aromatic nitrogens is 1. The number of oxazole rings is 1. The molecular formula is C17H12N2O4. The molecule has 0 unspecified atom stereocenters. The van der Waals surface area contributed by atoms with Crippen molar-refractivity contribution in [2.24, 2.45) is 0 Å². The first-order valence-electron chi connectivity index (χ1n) is 6.83. The van der Waals surface area contributed by atoms with Crippen molar-refractivity contribution in [3.05, 3.63) is 69.7 Å². The predicted molar refractivity (Wildman–Crippen MR) is 82.1 cm³/mol. The fourth-order valence-electron chi connectivity index (χ4n) is 2.38. The van der Waals surface area contributed by atoms with Gasteiger partial charge in [-0.25, -0.2) is 9.59 Å². The molecule has 23 heavy (non-hydrogen) atoms. The second-order valence-corrected chi connectivity index (χ2v) is 4.94. The third-order valence-electron chi connectivity index (χ3n) is 3.49. The highest BCUT2D eigenvalue weighted by Crippen LogP contribution is 2.17. The van der Waals surface area contributed by atoms with Crippen LogP contribution in [-0.2, 0) is 11.3 Å². The van der Waals surface area contributed by atoms with Crippen molar-refractivity contribution >= 4 is 17.1 Å². The number of methoxy groups -OCH3 is 1. The average Bonchev–Trinajstić information content (AvgIpc) is 2.89. The van der Waals surface area contributed by atoms with Crippen LogP contribution in [0.1, 0.15) is 21.5 Å². The van der Waals surface area contributed by atoms with Crippen molar-refractivity contribution in [3.8, 4) is 6.07 Å². The molecule has 6 heteroatoms. The summed E-state index contributed by atoms with van der Waals surface area (Å²) in [6.07, 6.45) is 0. The van der Waals surface area contributed by atoms with E-state index in [2.05, 4.69) is 10.8 Å². The van der Waals surface area contributed by atoms with Gasteiger partial charge in [0.25, 0.3) is 0 Å². The van der Waals surface area contributed by atoms with E-state index in [1.807, 2.05) is 6.07 Å². The van der Waals surface area contributed by atoms with Crippen LogP contribution < -0.4 is 5.76 Å². The molecule has 0 aliphatic heterocycles. The highest BCUT2D eigenvalue weighted by molar-refractivity contribution is 5.93. The second kappa shape index (κ2) is 5.81. The maximum absolute atomic E-state index is 12.1. The molecular weight excluding hydrogens is 296 g/mol. The number of carbonyl (C=O) groups is 1. The van der Waals surface area contributed by atoms with Gasteiger partial charge in [0.2, 0.25) is 0 Å². The highest BCUT2D eigenvalue weighted by atomic mass is 16.5. The predicted octanol–water partition coefficient (Wildman–Crippen LogP) is 2.30. The topological polar surface area (TPSA) is 85.2 Å². The number of carbonyl (C=O) groups excluding carboxylic acids is 1. The second-order valence-electron chi connectivity index (χ2n) is 4.94. The summed E-state index contributed by atoms with van der Waals surface area (Å²) < 4.78 is 11.3. The van der Waals surface area contributed by atoms with E-state index < -0.39 is 11.7 Å². The lowest BCUT2D eigenvalue weighted by atomic mass is 10.1. The third-order valence-corrected chi connectivity index (χ3v) is 3.49. The number of hydrogen-bond donors (Lipinski definition) is 0. The van der Waals surface area contributed by atoms with E-state index in [9.17, 15) is 9.59 Å². The zero-order chi connectivity index (χ0) is 16.4. The lowest BCUT2D eigenvalue weighted by molar-refractivity contribution is 0.0601. The number of nitriles is 1. The SMILES string of the molecule is COC(=O)c1ccc2c(c1)oc(=O)n2Cc1cccc(C#N)c1. The van der Waals surface area contributed by atoms with Gasteiger partial charge in [-0.3, -0.25) is 4.57 Å². The van der Waals surface area contributed by atoms with Gasteiger partial charge in [0.1, 0.15) is 0 Å². The summed E-state index contributed by atoms with van der Waals surface area (Å²) in [5, 5.41) is 8.94. The van der Waals surface area contributed by atoms with Crippen molar-refractivity contribution in [1.82, 2.24) is 4.57 Å². The molecule has 2 aromatic carbocycles. The molecule has 0 radical (unpaired) electrons. The molecule has 0 amide bonds. The molecule has 0 saturated heterocycles. The Balaban J connectivity index is 2.04. The first-order valence-corrected chi connectivity index (χ1v) is 6.83. The molecule has 1 heterocycles. The van der Waals surface area contributed by atoms with Crippen LogP contribution in [-0.4, -0.2) is 17.6 Å². The summed E-state index contributed by atoms with van der Waals surface area (Å²) in [7, 11) is 1.29. The van der Waals surface area contributed by atoms with Crippen LogP contribution >= 0.6 is 0 Å². The maximum Gasteiger partial charge on any atom is 0.420 e. The molecule has 0 spiro atoms. The highest BCUT2D eigenvalue weighted by Gasteiger charge is 2.13. The average molecular weight is 308 g/mol. The first-order chi connectivity index (χ1) is 11.1. The standard InChI is InChI=1S/C17H12N2O4/c1-22-16(20)13-5-6-14-15(8-13)23-17(21)19(14)10-12-4-2-3-11(7-12)9-18/h2-8H,10H2,1H3. The van der Waals surface area contributed by atoms with Crippen LogP contribution in [0.5, 0.6) is 0 Å². The Morgan fingerprint density at radius 2 is 2.13 bits per heavy atom. The van der Waals surface area contributed by atoms with E-state index in [0.29, 0.717) is 22.2 Å². The molecule has 0 atom stereocenters. The van der Waals surface area contributed by atoms with E-state index in [-0.39, 0.29) is 6.54 Å². The zero-order valence-electron chi connectivity index (χ0n) is 12.3. The van der Waals surface area contributed by atoms with Gasteiger partial charge in [-0.15, -0.1) is 0 Å². The Bertz CT molecular complexity index is 992.